The number of amides is 1. The normalized spacial score (nSPS) is 26.3. The Morgan fingerprint density at radius 1 is 1.23 bits per heavy atom. The molecule has 1 aromatic carbocycles. The van der Waals surface area contributed by atoms with Gasteiger partial charge in [-0.1, -0.05) is 30.3 Å². The van der Waals surface area contributed by atoms with E-state index >= 15 is 0 Å². The number of benzene rings is 1. The average Bonchev–Trinajstić information content (AvgIpc) is 3.11. The summed E-state index contributed by atoms with van der Waals surface area (Å²) in [5.41, 5.74) is -0.375. The summed E-state index contributed by atoms with van der Waals surface area (Å²) in [6, 6.07) is 9.22. The van der Waals surface area contributed by atoms with Crippen LogP contribution < -0.4 is 0 Å². The molecule has 8 nitrogen and oxygen atoms in total. The van der Waals surface area contributed by atoms with Crippen molar-refractivity contribution in [2.45, 2.75) is 13.5 Å². The molecule has 2 aliphatic heterocycles. The zero-order valence-electron chi connectivity index (χ0n) is 14.8. The molecule has 0 saturated carbocycles. The SMILES string of the molecule is CC(=O)N1C[C@H]2CN(S(=O)(=O)N(C)Cc3ccccc3)C[C@@]2(C(=O)O)C1. The van der Waals surface area contributed by atoms with Crippen molar-refractivity contribution < 1.29 is 23.1 Å². The number of carbonyl (C=O) groups is 2. The van der Waals surface area contributed by atoms with Gasteiger partial charge < -0.3 is 10.0 Å². The summed E-state index contributed by atoms with van der Waals surface area (Å²) in [6.45, 7) is 1.94. The summed E-state index contributed by atoms with van der Waals surface area (Å²) >= 11 is 0. The fraction of sp³-hybridized carbons (Fsp3) is 0.529. The third kappa shape index (κ3) is 3.10. The van der Waals surface area contributed by atoms with E-state index in [1.54, 1.807) is 0 Å². The lowest BCUT2D eigenvalue weighted by atomic mass is 9.81. The van der Waals surface area contributed by atoms with Gasteiger partial charge in [0.15, 0.2) is 0 Å². The van der Waals surface area contributed by atoms with Crippen molar-refractivity contribution in [1.29, 1.82) is 0 Å². The Kier molecular flexibility index (Phi) is 4.80. The van der Waals surface area contributed by atoms with E-state index in [0.717, 1.165) is 5.56 Å². The molecule has 2 heterocycles. The number of carbonyl (C=O) groups excluding carboxylic acids is 1. The summed E-state index contributed by atoms with van der Waals surface area (Å²) in [5, 5.41) is 9.76. The Hall–Kier alpha value is -1.97. The van der Waals surface area contributed by atoms with Gasteiger partial charge in [0, 0.05) is 52.6 Å². The summed E-state index contributed by atoms with van der Waals surface area (Å²) < 4.78 is 28.3. The lowest BCUT2D eigenvalue weighted by Gasteiger charge is -2.27. The van der Waals surface area contributed by atoms with Crippen molar-refractivity contribution in [3.63, 3.8) is 0 Å². The lowest BCUT2D eigenvalue weighted by molar-refractivity contribution is -0.148. The Labute approximate surface area is 153 Å². The number of carboxylic acids is 1. The summed E-state index contributed by atoms with van der Waals surface area (Å²) in [4.78, 5) is 25.1. The van der Waals surface area contributed by atoms with Crippen molar-refractivity contribution in [3.05, 3.63) is 35.9 Å². The van der Waals surface area contributed by atoms with Crippen LogP contribution in [0.15, 0.2) is 30.3 Å². The first-order chi connectivity index (χ1) is 12.2. The molecule has 3 rings (SSSR count). The molecule has 0 aromatic heterocycles. The second-order valence-electron chi connectivity index (χ2n) is 7.10. The van der Waals surface area contributed by atoms with Gasteiger partial charge in [-0.3, -0.25) is 9.59 Å². The Balaban J connectivity index is 1.79. The molecule has 2 atom stereocenters. The maximum absolute atomic E-state index is 12.9. The highest BCUT2D eigenvalue weighted by Gasteiger charge is 2.60. The lowest BCUT2D eigenvalue weighted by Crippen LogP contribution is -2.45. The predicted molar refractivity (Wildman–Crippen MR) is 94.2 cm³/mol. The van der Waals surface area contributed by atoms with Crippen LogP contribution in [-0.4, -0.2) is 72.1 Å². The molecule has 2 fully saturated rings. The minimum atomic E-state index is -3.79. The standard InChI is InChI=1S/C17H23N3O5S/c1-13(21)19-9-15-10-20(12-17(15,11-19)16(22)23)26(24,25)18(2)8-14-6-4-3-5-7-14/h3-7,15H,8-12H2,1-2H3,(H,22,23)/t15-,17-/m0/s1. The zero-order valence-corrected chi connectivity index (χ0v) is 15.6. The van der Waals surface area contributed by atoms with Gasteiger partial charge in [-0.2, -0.15) is 17.0 Å². The van der Waals surface area contributed by atoms with Crippen LogP contribution in [0.25, 0.3) is 0 Å². The van der Waals surface area contributed by atoms with Crippen LogP contribution in [0.1, 0.15) is 12.5 Å². The number of rotatable bonds is 5. The van der Waals surface area contributed by atoms with E-state index in [1.165, 1.54) is 27.5 Å². The van der Waals surface area contributed by atoms with Crippen LogP contribution in [0.3, 0.4) is 0 Å². The Bertz CT molecular complexity index is 813. The van der Waals surface area contributed by atoms with Gasteiger partial charge in [0.2, 0.25) is 5.91 Å². The first-order valence-corrected chi connectivity index (χ1v) is 9.81. The summed E-state index contributed by atoms with van der Waals surface area (Å²) in [5.74, 6) is -1.63. The molecular weight excluding hydrogens is 358 g/mol. The number of nitrogens with zero attached hydrogens (tertiary/aromatic N) is 3. The number of carboxylic acid groups (broad SMARTS) is 1. The molecule has 0 aliphatic carbocycles. The molecule has 0 spiro atoms. The molecule has 1 N–H and O–H groups in total. The van der Waals surface area contributed by atoms with Crippen molar-refractivity contribution in [2.24, 2.45) is 11.3 Å². The molecule has 1 aromatic rings. The highest BCUT2D eigenvalue weighted by Crippen LogP contribution is 2.44. The molecule has 1 amide bonds. The van der Waals surface area contributed by atoms with Gasteiger partial charge in [-0.15, -0.1) is 0 Å². The van der Waals surface area contributed by atoms with Crippen molar-refractivity contribution in [3.8, 4) is 0 Å². The van der Waals surface area contributed by atoms with Crippen molar-refractivity contribution in [1.82, 2.24) is 13.5 Å². The number of hydrogen-bond donors (Lipinski definition) is 1. The number of likely N-dealkylation sites (tertiary alicyclic amines) is 1. The summed E-state index contributed by atoms with van der Waals surface area (Å²) in [6.07, 6.45) is 0. The molecular formula is C17H23N3O5S. The monoisotopic (exact) mass is 381 g/mol. The average molecular weight is 381 g/mol. The van der Waals surface area contributed by atoms with Gasteiger partial charge in [0.1, 0.15) is 5.41 Å². The van der Waals surface area contributed by atoms with Crippen LogP contribution in [0.5, 0.6) is 0 Å². The molecule has 0 bridgehead atoms. The second kappa shape index (κ2) is 6.64. The Morgan fingerprint density at radius 3 is 2.42 bits per heavy atom. The maximum Gasteiger partial charge on any atom is 0.313 e. The van der Waals surface area contributed by atoms with Crippen LogP contribution >= 0.6 is 0 Å². The molecule has 9 heteroatoms. The summed E-state index contributed by atoms with van der Waals surface area (Å²) in [7, 11) is -2.30. The zero-order chi connectivity index (χ0) is 19.1. The highest BCUT2D eigenvalue weighted by atomic mass is 32.2. The highest BCUT2D eigenvalue weighted by molar-refractivity contribution is 7.86. The van der Waals surface area contributed by atoms with Crippen LogP contribution in [0.2, 0.25) is 0 Å². The Morgan fingerprint density at radius 2 is 1.88 bits per heavy atom. The van der Waals surface area contributed by atoms with E-state index in [-0.39, 0.29) is 38.6 Å². The first kappa shape index (κ1) is 18.8. The minimum absolute atomic E-state index is 0.0523. The van der Waals surface area contributed by atoms with Crippen LogP contribution in [-0.2, 0) is 26.3 Å². The largest absolute Gasteiger partial charge is 0.481 e. The number of fused-ring (bicyclic) bond motifs is 1. The molecule has 0 unspecified atom stereocenters. The van der Waals surface area contributed by atoms with Crippen LogP contribution in [0, 0.1) is 11.3 Å². The van der Waals surface area contributed by atoms with E-state index in [2.05, 4.69) is 0 Å². The first-order valence-electron chi connectivity index (χ1n) is 8.41. The third-order valence-corrected chi connectivity index (χ3v) is 7.26. The van der Waals surface area contributed by atoms with Crippen molar-refractivity contribution in [2.75, 3.05) is 33.2 Å². The maximum atomic E-state index is 12.9. The third-order valence-electron chi connectivity index (χ3n) is 5.42. The van der Waals surface area contributed by atoms with Crippen LogP contribution in [0.4, 0.5) is 0 Å². The fourth-order valence-corrected chi connectivity index (χ4v) is 5.32. The second-order valence-corrected chi connectivity index (χ2v) is 9.14. The molecule has 0 radical (unpaired) electrons. The topological polar surface area (TPSA) is 98.2 Å². The predicted octanol–water partition coefficient (Wildman–Crippen LogP) is 0.228. The fourth-order valence-electron chi connectivity index (χ4n) is 3.86. The van der Waals surface area contributed by atoms with E-state index in [0.29, 0.717) is 0 Å². The van der Waals surface area contributed by atoms with Gasteiger partial charge in [-0.05, 0) is 5.56 Å². The van der Waals surface area contributed by atoms with Crippen molar-refractivity contribution >= 4 is 22.1 Å². The van der Waals surface area contributed by atoms with Gasteiger partial charge in [0.05, 0.1) is 0 Å². The van der Waals surface area contributed by atoms with E-state index in [4.69, 9.17) is 0 Å². The van der Waals surface area contributed by atoms with Gasteiger partial charge in [-0.25, -0.2) is 0 Å². The number of aliphatic carboxylic acids is 1. The molecule has 2 saturated heterocycles. The minimum Gasteiger partial charge on any atom is -0.481 e. The van der Waals surface area contributed by atoms with Gasteiger partial charge in [0.25, 0.3) is 10.2 Å². The molecule has 26 heavy (non-hydrogen) atoms. The van der Waals surface area contributed by atoms with Gasteiger partial charge >= 0.3 is 5.97 Å². The quantitative estimate of drug-likeness (QED) is 0.787. The van der Waals surface area contributed by atoms with E-state index < -0.39 is 27.5 Å². The molecule has 2 aliphatic rings. The molecule has 142 valence electrons. The smallest absolute Gasteiger partial charge is 0.313 e. The van der Waals surface area contributed by atoms with E-state index in [9.17, 15) is 23.1 Å². The van der Waals surface area contributed by atoms with E-state index in [1.807, 2.05) is 30.3 Å². The number of hydrogen-bond acceptors (Lipinski definition) is 4.